The van der Waals surface area contributed by atoms with Crippen LogP contribution >= 0.6 is 0 Å². The summed E-state index contributed by atoms with van der Waals surface area (Å²) in [4.78, 5) is 39.4. The number of hydrogen-bond acceptors (Lipinski definition) is 3. The van der Waals surface area contributed by atoms with Gasteiger partial charge in [0.1, 0.15) is 0 Å². The summed E-state index contributed by atoms with van der Waals surface area (Å²) in [6.45, 7) is 5.32. The van der Waals surface area contributed by atoms with Crippen molar-refractivity contribution in [2.45, 2.75) is 26.3 Å². The van der Waals surface area contributed by atoms with Crippen molar-refractivity contribution in [3.63, 3.8) is 0 Å². The third-order valence-corrected chi connectivity index (χ3v) is 5.02. The number of carbonyl (C=O) groups is 3. The Balaban J connectivity index is 1.45. The topological polar surface area (TPSA) is 81.8 Å². The summed E-state index contributed by atoms with van der Waals surface area (Å²) >= 11 is 0. The molecule has 1 aromatic rings. The maximum Gasteiger partial charge on any atom is 0.317 e. The Bertz CT molecular complexity index is 674. The van der Waals surface area contributed by atoms with E-state index in [1.54, 1.807) is 9.80 Å². The zero-order chi connectivity index (χ0) is 18.5. The highest BCUT2D eigenvalue weighted by Crippen LogP contribution is 2.20. The Hall–Kier alpha value is -2.57. The Morgan fingerprint density at radius 3 is 2.58 bits per heavy atom. The van der Waals surface area contributed by atoms with Crippen LogP contribution in [0.15, 0.2) is 24.3 Å². The molecule has 2 aliphatic heterocycles. The summed E-state index contributed by atoms with van der Waals surface area (Å²) in [5, 5.41) is 5.58. The number of likely N-dealkylation sites (tertiary alicyclic amines) is 1. The normalized spacial score (nSPS) is 19.8. The molecule has 2 N–H and O–H groups in total. The summed E-state index contributed by atoms with van der Waals surface area (Å²) in [6, 6.07) is 8.15. The Kier molecular flexibility index (Phi) is 5.75. The number of nitrogens with one attached hydrogen (secondary N) is 2. The zero-order valence-corrected chi connectivity index (χ0v) is 15.2. The van der Waals surface area contributed by atoms with E-state index in [0.717, 1.165) is 12.0 Å². The second-order valence-electron chi connectivity index (χ2n) is 6.86. The fourth-order valence-electron chi connectivity index (χ4n) is 3.38. The van der Waals surface area contributed by atoms with Crippen molar-refractivity contribution in [2.24, 2.45) is 5.92 Å². The van der Waals surface area contributed by atoms with Gasteiger partial charge in [-0.15, -0.1) is 0 Å². The molecule has 7 nitrogen and oxygen atoms in total. The van der Waals surface area contributed by atoms with Crippen molar-refractivity contribution in [3.8, 4) is 0 Å². The van der Waals surface area contributed by atoms with Crippen LogP contribution in [0.4, 0.5) is 4.79 Å². The van der Waals surface area contributed by atoms with Gasteiger partial charge in [-0.3, -0.25) is 9.59 Å². The lowest BCUT2D eigenvalue weighted by atomic mass is 10.1. The Morgan fingerprint density at radius 1 is 1.19 bits per heavy atom. The van der Waals surface area contributed by atoms with Crippen LogP contribution in [0, 0.1) is 5.92 Å². The summed E-state index contributed by atoms with van der Waals surface area (Å²) in [5.74, 6) is -0.407. The average molecular weight is 358 g/mol. The monoisotopic (exact) mass is 358 g/mol. The summed E-state index contributed by atoms with van der Waals surface area (Å²) < 4.78 is 0. The highest BCUT2D eigenvalue weighted by Gasteiger charge is 2.34. The maximum absolute atomic E-state index is 12.3. The molecule has 0 saturated carbocycles. The van der Waals surface area contributed by atoms with Gasteiger partial charge in [0.05, 0.1) is 5.92 Å². The molecule has 0 aromatic heterocycles. The van der Waals surface area contributed by atoms with E-state index in [4.69, 9.17) is 0 Å². The van der Waals surface area contributed by atoms with Crippen LogP contribution in [0.1, 0.15) is 24.5 Å². The zero-order valence-electron chi connectivity index (χ0n) is 15.2. The molecule has 140 valence electrons. The first-order valence-electron chi connectivity index (χ1n) is 9.23. The minimum Gasteiger partial charge on any atom is -0.354 e. The van der Waals surface area contributed by atoms with E-state index in [2.05, 4.69) is 29.7 Å². The molecular formula is C19H26N4O3. The molecule has 4 amide bonds. The number of carbonyl (C=O) groups excluding carboxylic acids is 3. The molecule has 2 heterocycles. The predicted molar refractivity (Wildman–Crippen MR) is 97.3 cm³/mol. The minimum atomic E-state index is -0.315. The van der Waals surface area contributed by atoms with Crippen molar-refractivity contribution in [2.75, 3.05) is 32.7 Å². The quantitative estimate of drug-likeness (QED) is 0.754. The first-order valence-corrected chi connectivity index (χ1v) is 9.23. The van der Waals surface area contributed by atoms with Crippen LogP contribution in [-0.4, -0.2) is 60.4 Å². The van der Waals surface area contributed by atoms with Crippen LogP contribution in [0.2, 0.25) is 0 Å². The maximum atomic E-state index is 12.3. The highest BCUT2D eigenvalue weighted by molar-refractivity contribution is 5.89. The van der Waals surface area contributed by atoms with Crippen molar-refractivity contribution < 1.29 is 14.4 Å². The molecule has 1 aromatic carbocycles. The number of amides is 4. The van der Waals surface area contributed by atoms with Gasteiger partial charge in [0.25, 0.3) is 0 Å². The summed E-state index contributed by atoms with van der Waals surface area (Å²) in [6.07, 6.45) is 1.24. The SMILES string of the molecule is CCc1ccc(CN2C[C@@H](C(=O)NCCN3CCNC3=O)CC2=O)cc1. The van der Waals surface area contributed by atoms with Gasteiger partial charge in [0.2, 0.25) is 11.8 Å². The third-order valence-electron chi connectivity index (χ3n) is 5.02. The number of aryl methyl sites for hydroxylation is 1. The number of rotatable bonds is 7. The van der Waals surface area contributed by atoms with Gasteiger partial charge in [0.15, 0.2) is 0 Å². The van der Waals surface area contributed by atoms with Gasteiger partial charge in [-0.05, 0) is 17.5 Å². The number of urea groups is 1. The van der Waals surface area contributed by atoms with Crippen LogP contribution in [0.25, 0.3) is 0 Å². The number of nitrogens with zero attached hydrogens (tertiary/aromatic N) is 2. The lowest BCUT2D eigenvalue weighted by molar-refractivity contribution is -0.129. The molecule has 0 aliphatic carbocycles. The first-order chi connectivity index (χ1) is 12.6. The molecule has 26 heavy (non-hydrogen) atoms. The standard InChI is InChI=1S/C19H26N4O3/c1-2-14-3-5-15(6-4-14)12-23-13-16(11-17(23)24)18(25)20-7-9-22-10-8-21-19(22)26/h3-6,16H,2,7-13H2,1H3,(H,20,25)(H,21,26)/t16-/m0/s1. The molecule has 2 saturated heterocycles. The molecular weight excluding hydrogens is 332 g/mol. The van der Waals surface area contributed by atoms with E-state index in [-0.39, 0.29) is 30.2 Å². The second-order valence-corrected chi connectivity index (χ2v) is 6.86. The molecule has 0 spiro atoms. The summed E-state index contributed by atoms with van der Waals surface area (Å²) in [7, 11) is 0. The number of hydrogen-bond donors (Lipinski definition) is 2. The minimum absolute atomic E-state index is 0.0173. The molecule has 0 bridgehead atoms. The number of benzene rings is 1. The van der Waals surface area contributed by atoms with Crippen molar-refractivity contribution in [3.05, 3.63) is 35.4 Å². The molecule has 3 rings (SSSR count). The predicted octanol–water partition coefficient (Wildman–Crippen LogP) is 0.739. The van der Waals surface area contributed by atoms with Crippen LogP contribution in [-0.2, 0) is 22.6 Å². The van der Waals surface area contributed by atoms with Crippen LogP contribution in [0.5, 0.6) is 0 Å². The van der Waals surface area contributed by atoms with E-state index >= 15 is 0 Å². The van der Waals surface area contributed by atoms with E-state index in [0.29, 0.717) is 39.3 Å². The molecule has 7 heteroatoms. The average Bonchev–Trinajstić information content (AvgIpc) is 3.22. The largest absolute Gasteiger partial charge is 0.354 e. The first kappa shape index (κ1) is 18.2. The van der Waals surface area contributed by atoms with Crippen molar-refractivity contribution in [1.82, 2.24) is 20.4 Å². The highest BCUT2D eigenvalue weighted by atomic mass is 16.2. The van der Waals surface area contributed by atoms with Gasteiger partial charge in [-0.25, -0.2) is 4.79 Å². The fraction of sp³-hybridized carbons (Fsp3) is 0.526. The van der Waals surface area contributed by atoms with Gasteiger partial charge >= 0.3 is 6.03 Å². The van der Waals surface area contributed by atoms with Gasteiger partial charge in [-0.2, -0.15) is 0 Å². The van der Waals surface area contributed by atoms with Gasteiger partial charge in [-0.1, -0.05) is 31.2 Å². The Morgan fingerprint density at radius 2 is 1.92 bits per heavy atom. The third kappa shape index (κ3) is 4.33. The molecule has 0 unspecified atom stereocenters. The van der Waals surface area contributed by atoms with E-state index in [9.17, 15) is 14.4 Å². The molecule has 1 atom stereocenters. The summed E-state index contributed by atoms with van der Waals surface area (Å²) in [5.41, 5.74) is 2.35. The fourth-order valence-corrected chi connectivity index (χ4v) is 3.38. The van der Waals surface area contributed by atoms with E-state index in [1.807, 2.05) is 12.1 Å². The lowest BCUT2D eigenvalue weighted by Gasteiger charge is -2.18. The molecule has 2 aliphatic rings. The second kappa shape index (κ2) is 8.21. The Labute approximate surface area is 153 Å². The van der Waals surface area contributed by atoms with E-state index in [1.165, 1.54) is 5.56 Å². The smallest absolute Gasteiger partial charge is 0.317 e. The van der Waals surface area contributed by atoms with Crippen LogP contribution < -0.4 is 10.6 Å². The van der Waals surface area contributed by atoms with Crippen molar-refractivity contribution in [1.29, 1.82) is 0 Å². The van der Waals surface area contributed by atoms with Crippen molar-refractivity contribution >= 4 is 17.8 Å². The van der Waals surface area contributed by atoms with Gasteiger partial charge in [0, 0.05) is 45.7 Å². The molecule has 2 fully saturated rings. The molecule has 0 radical (unpaired) electrons. The van der Waals surface area contributed by atoms with E-state index < -0.39 is 0 Å². The van der Waals surface area contributed by atoms with Crippen LogP contribution in [0.3, 0.4) is 0 Å². The lowest BCUT2D eigenvalue weighted by Crippen LogP contribution is -2.39. The van der Waals surface area contributed by atoms with Gasteiger partial charge < -0.3 is 20.4 Å².